The summed E-state index contributed by atoms with van der Waals surface area (Å²) in [6.45, 7) is 0.293. The number of halogens is 2. The molecule has 0 radical (unpaired) electrons. The molecule has 2 N–H and O–H groups in total. The maximum Gasteiger partial charge on any atom is 0.249 e. The lowest BCUT2D eigenvalue weighted by Gasteiger charge is -2.12. The first-order chi connectivity index (χ1) is 16.0. The topological polar surface area (TPSA) is 89.0 Å². The summed E-state index contributed by atoms with van der Waals surface area (Å²) in [5.74, 6) is 0.0613. The molecule has 170 valence electrons. The molecule has 0 unspecified atom stereocenters. The highest BCUT2D eigenvalue weighted by Gasteiger charge is 2.11. The minimum absolute atomic E-state index is 0.293. The number of methoxy groups -OCH3 is 1. The zero-order chi connectivity index (χ0) is 23.6. The molecular weight excluding hydrogens is 510 g/mol. The first-order valence-corrected chi connectivity index (χ1v) is 11.0. The standard InChI is InChI=1S/C24H21BrClN3O4/c1-32-22-12-16(10-11-21(22)33-15-17-6-2-4-8-19(17)26)14-27-29-24(31)13-23(30)28-20-9-5-3-7-18(20)25/h2-12,14H,13,15H2,1H3,(H,28,30)(H,29,31). The van der Waals surface area contributed by atoms with Crippen LogP contribution in [0.15, 0.2) is 76.3 Å². The maximum absolute atomic E-state index is 12.0. The molecule has 3 aromatic carbocycles. The molecule has 0 spiro atoms. The van der Waals surface area contributed by atoms with Gasteiger partial charge in [-0.25, -0.2) is 5.43 Å². The van der Waals surface area contributed by atoms with E-state index in [9.17, 15) is 9.59 Å². The number of hydrogen-bond donors (Lipinski definition) is 2. The van der Waals surface area contributed by atoms with Crippen LogP contribution in [0.1, 0.15) is 17.5 Å². The number of para-hydroxylation sites is 1. The summed E-state index contributed by atoms with van der Waals surface area (Å²) in [4.78, 5) is 24.0. The smallest absolute Gasteiger partial charge is 0.249 e. The predicted molar refractivity (Wildman–Crippen MR) is 132 cm³/mol. The number of carbonyl (C=O) groups excluding carboxylic acids is 2. The summed E-state index contributed by atoms with van der Waals surface area (Å²) in [7, 11) is 1.53. The Kier molecular flexibility index (Phi) is 8.86. The van der Waals surface area contributed by atoms with E-state index in [4.69, 9.17) is 21.1 Å². The summed E-state index contributed by atoms with van der Waals surface area (Å²) in [5.41, 5.74) is 4.46. The molecule has 0 saturated carbocycles. The van der Waals surface area contributed by atoms with Crippen molar-refractivity contribution in [2.24, 2.45) is 5.10 Å². The Morgan fingerprint density at radius 1 is 1.03 bits per heavy atom. The fraction of sp³-hybridized carbons (Fsp3) is 0.125. The second kappa shape index (κ2) is 12.0. The first kappa shape index (κ1) is 24.3. The van der Waals surface area contributed by atoms with Gasteiger partial charge in [0.25, 0.3) is 0 Å². The third kappa shape index (κ3) is 7.34. The van der Waals surface area contributed by atoms with E-state index in [1.165, 1.54) is 13.3 Å². The largest absolute Gasteiger partial charge is 0.493 e. The number of hydrazone groups is 1. The summed E-state index contributed by atoms with van der Waals surface area (Å²) in [6, 6.07) is 19.8. The Morgan fingerprint density at radius 2 is 1.79 bits per heavy atom. The van der Waals surface area contributed by atoms with Gasteiger partial charge in [0, 0.05) is 15.1 Å². The number of anilines is 1. The van der Waals surface area contributed by atoms with Gasteiger partial charge >= 0.3 is 0 Å². The molecule has 0 heterocycles. The fourth-order valence-corrected chi connectivity index (χ4v) is 3.35. The summed E-state index contributed by atoms with van der Waals surface area (Å²) >= 11 is 9.50. The van der Waals surface area contributed by atoms with E-state index in [-0.39, 0.29) is 6.42 Å². The first-order valence-electron chi connectivity index (χ1n) is 9.87. The lowest BCUT2D eigenvalue weighted by Crippen LogP contribution is -2.24. The molecule has 2 amide bonds. The Balaban J connectivity index is 1.53. The zero-order valence-electron chi connectivity index (χ0n) is 17.7. The van der Waals surface area contributed by atoms with Gasteiger partial charge in [-0.05, 0) is 57.9 Å². The average molecular weight is 531 g/mol. The number of carbonyl (C=O) groups is 2. The molecule has 3 rings (SSSR count). The highest BCUT2D eigenvalue weighted by atomic mass is 79.9. The third-order valence-electron chi connectivity index (χ3n) is 4.40. The van der Waals surface area contributed by atoms with Crippen LogP contribution in [-0.2, 0) is 16.2 Å². The highest BCUT2D eigenvalue weighted by Crippen LogP contribution is 2.29. The Labute approximate surface area is 204 Å². The zero-order valence-corrected chi connectivity index (χ0v) is 20.0. The SMILES string of the molecule is COc1cc(C=NNC(=O)CC(=O)Nc2ccccc2Br)ccc1OCc1ccccc1Cl. The van der Waals surface area contributed by atoms with Crippen molar-refractivity contribution in [3.63, 3.8) is 0 Å². The monoisotopic (exact) mass is 529 g/mol. The second-order valence-corrected chi connectivity index (χ2v) is 8.05. The van der Waals surface area contributed by atoms with Crippen molar-refractivity contribution in [1.29, 1.82) is 0 Å². The van der Waals surface area contributed by atoms with Crippen LogP contribution in [0, 0.1) is 0 Å². The highest BCUT2D eigenvalue weighted by molar-refractivity contribution is 9.10. The van der Waals surface area contributed by atoms with Crippen LogP contribution in [0.4, 0.5) is 5.69 Å². The number of benzene rings is 3. The predicted octanol–water partition coefficient (Wildman–Crippen LogP) is 5.17. The average Bonchev–Trinajstić information content (AvgIpc) is 2.80. The van der Waals surface area contributed by atoms with Gasteiger partial charge in [-0.15, -0.1) is 0 Å². The van der Waals surface area contributed by atoms with Crippen LogP contribution >= 0.6 is 27.5 Å². The van der Waals surface area contributed by atoms with Gasteiger partial charge in [0.1, 0.15) is 13.0 Å². The van der Waals surface area contributed by atoms with Crippen molar-refractivity contribution >= 4 is 51.2 Å². The molecule has 33 heavy (non-hydrogen) atoms. The fourth-order valence-electron chi connectivity index (χ4n) is 2.78. The van der Waals surface area contributed by atoms with E-state index in [1.54, 1.807) is 42.5 Å². The van der Waals surface area contributed by atoms with Crippen molar-refractivity contribution in [3.8, 4) is 11.5 Å². The molecule has 9 heteroatoms. The van der Waals surface area contributed by atoms with E-state index >= 15 is 0 Å². The lowest BCUT2D eigenvalue weighted by molar-refractivity contribution is -0.126. The van der Waals surface area contributed by atoms with Crippen molar-refractivity contribution in [3.05, 3.63) is 87.4 Å². The quantitative estimate of drug-likeness (QED) is 0.227. The molecule has 0 bridgehead atoms. The van der Waals surface area contributed by atoms with E-state index < -0.39 is 11.8 Å². The molecule has 0 aromatic heterocycles. The Bertz CT molecular complexity index is 1170. The molecule has 0 aliphatic carbocycles. The summed E-state index contributed by atoms with van der Waals surface area (Å²) in [5, 5.41) is 7.19. The third-order valence-corrected chi connectivity index (χ3v) is 5.46. The number of rotatable bonds is 9. The molecule has 0 aliphatic heterocycles. The summed E-state index contributed by atoms with van der Waals surface area (Å²) in [6.07, 6.45) is 1.08. The van der Waals surface area contributed by atoms with Crippen molar-refractivity contribution in [1.82, 2.24) is 5.43 Å². The van der Waals surface area contributed by atoms with Gasteiger partial charge in [0.05, 0.1) is 19.0 Å². The summed E-state index contributed by atoms with van der Waals surface area (Å²) < 4.78 is 11.9. The molecule has 0 aliphatic rings. The van der Waals surface area contributed by atoms with E-state index in [0.29, 0.717) is 34.4 Å². The van der Waals surface area contributed by atoms with Crippen LogP contribution in [-0.4, -0.2) is 25.1 Å². The van der Waals surface area contributed by atoms with Crippen LogP contribution in [0.5, 0.6) is 11.5 Å². The molecule has 3 aromatic rings. The molecule has 0 saturated heterocycles. The minimum atomic E-state index is -0.539. The number of nitrogens with zero attached hydrogens (tertiary/aromatic N) is 1. The molecule has 0 atom stereocenters. The van der Waals surface area contributed by atoms with Crippen molar-refractivity contribution < 1.29 is 19.1 Å². The minimum Gasteiger partial charge on any atom is -0.493 e. The van der Waals surface area contributed by atoms with E-state index in [0.717, 1.165) is 10.0 Å². The van der Waals surface area contributed by atoms with Crippen molar-refractivity contribution in [2.75, 3.05) is 12.4 Å². The molecule has 7 nitrogen and oxygen atoms in total. The van der Waals surface area contributed by atoms with Gasteiger partial charge in [-0.3, -0.25) is 9.59 Å². The van der Waals surface area contributed by atoms with Crippen LogP contribution in [0.2, 0.25) is 5.02 Å². The molecular formula is C24H21BrClN3O4. The maximum atomic E-state index is 12.0. The Hall–Kier alpha value is -3.36. The van der Waals surface area contributed by atoms with Gasteiger partial charge < -0.3 is 14.8 Å². The van der Waals surface area contributed by atoms with Gasteiger partial charge in [0.15, 0.2) is 11.5 Å². The normalized spacial score (nSPS) is 10.6. The van der Waals surface area contributed by atoms with Crippen LogP contribution in [0.3, 0.4) is 0 Å². The van der Waals surface area contributed by atoms with Gasteiger partial charge in [-0.1, -0.05) is 41.9 Å². The number of nitrogens with one attached hydrogen (secondary N) is 2. The van der Waals surface area contributed by atoms with E-state index in [1.807, 2.05) is 24.3 Å². The number of ether oxygens (including phenoxy) is 2. The van der Waals surface area contributed by atoms with Crippen molar-refractivity contribution in [2.45, 2.75) is 13.0 Å². The molecule has 0 fully saturated rings. The van der Waals surface area contributed by atoms with E-state index in [2.05, 4.69) is 31.8 Å². The number of hydrogen-bond acceptors (Lipinski definition) is 5. The number of amides is 2. The van der Waals surface area contributed by atoms with Crippen LogP contribution < -0.4 is 20.2 Å². The van der Waals surface area contributed by atoms with Gasteiger partial charge in [-0.2, -0.15) is 5.10 Å². The Morgan fingerprint density at radius 3 is 2.55 bits per heavy atom. The lowest BCUT2D eigenvalue weighted by atomic mass is 10.2. The van der Waals surface area contributed by atoms with Gasteiger partial charge in [0.2, 0.25) is 11.8 Å². The second-order valence-electron chi connectivity index (χ2n) is 6.79. The van der Waals surface area contributed by atoms with Crippen LogP contribution in [0.25, 0.3) is 0 Å².